The summed E-state index contributed by atoms with van der Waals surface area (Å²) in [7, 11) is 1.88. The maximum atomic E-state index is 15.3. The highest BCUT2D eigenvalue weighted by Gasteiger charge is 2.39. The van der Waals surface area contributed by atoms with Crippen LogP contribution in [0.5, 0.6) is 0 Å². The Morgan fingerprint density at radius 2 is 2.03 bits per heavy atom. The predicted molar refractivity (Wildman–Crippen MR) is 118 cm³/mol. The molecule has 2 aromatic carbocycles. The standard InChI is InChI=1S/C25H26FN3O3/c1-15-18(11-16-3-5-17(6-4-16)21-7-9-28(2)27-21)12-19-20(24(15)26)13-29(25(19)31)22-14-32-10-8-23(22)30/h3-7,9,12,22-23,30H,8,10-11,13-14H2,1-2H3/t22-,23-/m0/s1. The van der Waals surface area contributed by atoms with Crippen LogP contribution in [0.3, 0.4) is 0 Å². The predicted octanol–water partition coefficient (Wildman–Crippen LogP) is 3.23. The minimum Gasteiger partial charge on any atom is -0.391 e. The van der Waals surface area contributed by atoms with E-state index < -0.39 is 12.1 Å². The third-order valence-corrected chi connectivity index (χ3v) is 6.59. The van der Waals surface area contributed by atoms with Gasteiger partial charge in [0, 0.05) is 36.5 Å². The number of hydrogen-bond acceptors (Lipinski definition) is 4. The second-order valence-electron chi connectivity index (χ2n) is 8.68. The number of carbonyl (C=O) groups is 1. The second kappa shape index (κ2) is 8.15. The van der Waals surface area contributed by atoms with Crippen LogP contribution in [0.4, 0.5) is 4.39 Å². The lowest BCUT2D eigenvalue weighted by Crippen LogP contribution is -2.49. The molecule has 166 valence electrons. The number of carbonyl (C=O) groups excluding carboxylic acids is 1. The number of nitrogens with zero attached hydrogens (tertiary/aromatic N) is 3. The van der Waals surface area contributed by atoms with Crippen molar-refractivity contribution in [1.29, 1.82) is 0 Å². The highest BCUT2D eigenvalue weighted by Crippen LogP contribution is 2.33. The van der Waals surface area contributed by atoms with Gasteiger partial charge in [-0.05, 0) is 48.6 Å². The Bertz CT molecular complexity index is 1170. The van der Waals surface area contributed by atoms with Gasteiger partial charge in [0.1, 0.15) is 5.82 Å². The Morgan fingerprint density at radius 1 is 1.25 bits per heavy atom. The first-order valence-corrected chi connectivity index (χ1v) is 10.9. The van der Waals surface area contributed by atoms with Gasteiger partial charge in [-0.3, -0.25) is 9.48 Å². The lowest BCUT2D eigenvalue weighted by molar-refractivity contribution is -0.0529. The third kappa shape index (κ3) is 3.61. The lowest BCUT2D eigenvalue weighted by Gasteiger charge is -2.34. The molecule has 0 bridgehead atoms. The summed E-state index contributed by atoms with van der Waals surface area (Å²) in [6, 6.07) is 11.4. The van der Waals surface area contributed by atoms with E-state index in [0.29, 0.717) is 36.1 Å². The molecule has 32 heavy (non-hydrogen) atoms. The molecule has 1 aromatic heterocycles. The van der Waals surface area contributed by atoms with Crippen molar-refractivity contribution >= 4 is 5.91 Å². The molecule has 7 heteroatoms. The number of halogens is 1. The van der Waals surface area contributed by atoms with Crippen LogP contribution in [0.1, 0.15) is 39.0 Å². The van der Waals surface area contributed by atoms with Gasteiger partial charge in [-0.25, -0.2) is 4.39 Å². The Kier molecular flexibility index (Phi) is 5.31. The van der Waals surface area contributed by atoms with Crippen molar-refractivity contribution < 1.29 is 19.0 Å². The third-order valence-electron chi connectivity index (χ3n) is 6.59. The summed E-state index contributed by atoms with van der Waals surface area (Å²) in [6.07, 6.45) is 2.26. The zero-order chi connectivity index (χ0) is 22.4. The summed E-state index contributed by atoms with van der Waals surface area (Å²) in [5, 5.41) is 14.7. The van der Waals surface area contributed by atoms with E-state index in [4.69, 9.17) is 4.74 Å². The summed E-state index contributed by atoms with van der Waals surface area (Å²) in [5.41, 5.74) is 5.12. The van der Waals surface area contributed by atoms with E-state index in [1.165, 1.54) is 0 Å². The zero-order valence-corrected chi connectivity index (χ0v) is 18.2. The first kappa shape index (κ1) is 20.8. The van der Waals surface area contributed by atoms with Crippen molar-refractivity contribution in [2.24, 2.45) is 7.05 Å². The molecule has 5 rings (SSSR count). The van der Waals surface area contributed by atoms with E-state index in [9.17, 15) is 9.90 Å². The van der Waals surface area contributed by atoms with Crippen molar-refractivity contribution in [3.63, 3.8) is 0 Å². The van der Waals surface area contributed by atoms with Gasteiger partial charge in [-0.2, -0.15) is 5.10 Å². The average Bonchev–Trinajstić information content (AvgIpc) is 3.36. The van der Waals surface area contributed by atoms with Crippen molar-refractivity contribution in [2.75, 3.05) is 13.2 Å². The second-order valence-corrected chi connectivity index (χ2v) is 8.68. The summed E-state index contributed by atoms with van der Waals surface area (Å²) >= 11 is 0. The summed E-state index contributed by atoms with van der Waals surface area (Å²) in [6.45, 7) is 2.68. The average molecular weight is 435 g/mol. The quantitative estimate of drug-likeness (QED) is 0.683. The monoisotopic (exact) mass is 435 g/mol. The SMILES string of the molecule is Cc1c(Cc2ccc(-c3ccn(C)n3)cc2)cc2c(c1F)CN([C@H]1COCC[C@@H]1O)C2=O. The molecule has 2 atom stereocenters. The molecule has 0 unspecified atom stereocenters. The lowest BCUT2D eigenvalue weighted by atomic mass is 9.94. The molecule has 1 amide bonds. The highest BCUT2D eigenvalue weighted by molar-refractivity contribution is 5.99. The maximum absolute atomic E-state index is 15.3. The minimum absolute atomic E-state index is 0.172. The fourth-order valence-electron chi connectivity index (χ4n) is 4.64. The fourth-order valence-corrected chi connectivity index (χ4v) is 4.64. The van der Waals surface area contributed by atoms with Crippen molar-refractivity contribution in [3.05, 3.63) is 76.2 Å². The van der Waals surface area contributed by atoms with Crippen LogP contribution in [0, 0.1) is 12.7 Å². The van der Waals surface area contributed by atoms with Crippen molar-refractivity contribution in [2.45, 2.75) is 38.5 Å². The maximum Gasteiger partial charge on any atom is 0.255 e. The molecule has 6 nitrogen and oxygen atoms in total. The van der Waals surface area contributed by atoms with E-state index >= 15 is 4.39 Å². The van der Waals surface area contributed by atoms with Gasteiger partial charge < -0.3 is 14.7 Å². The van der Waals surface area contributed by atoms with E-state index in [0.717, 1.165) is 22.4 Å². The molecule has 2 aliphatic heterocycles. The molecular formula is C25H26FN3O3. The molecule has 0 radical (unpaired) electrons. The number of aryl methyl sites for hydroxylation is 1. The molecule has 0 aliphatic carbocycles. The van der Waals surface area contributed by atoms with Crippen LogP contribution < -0.4 is 0 Å². The minimum atomic E-state index is -0.650. The molecule has 0 spiro atoms. The van der Waals surface area contributed by atoms with Crippen LogP contribution >= 0.6 is 0 Å². The first-order valence-electron chi connectivity index (χ1n) is 10.9. The van der Waals surface area contributed by atoms with E-state index in [2.05, 4.69) is 5.10 Å². The Balaban J connectivity index is 1.40. The summed E-state index contributed by atoms with van der Waals surface area (Å²) in [4.78, 5) is 14.7. The zero-order valence-electron chi connectivity index (χ0n) is 18.2. The molecule has 3 aromatic rings. The fraction of sp³-hybridized carbons (Fsp3) is 0.360. The Hall–Kier alpha value is -3.03. The molecule has 0 saturated carbocycles. The van der Waals surface area contributed by atoms with Crippen molar-refractivity contribution in [1.82, 2.24) is 14.7 Å². The number of aliphatic hydroxyl groups excluding tert-OH is 1. The van der Waals surface area contributed by atoms with E-state index in [1.54, 1.807) is 16.5 Å². The number of fused-ring (bicyclic) bond motifs is 1. The smallest absolute Gasteiger partial charge is 0.255 e. The number of aliphatic hydroxyl groups is 1. The van der Waals surface area contributed by atoms with Crippen molar-refractivity contribution in [3.8, 4) is 11.3 Å². The first-order chi connectivity index (χ1) is 15.4. The topological polar surface area (TPSA) is 67.6 Å². The molecule has 2 aliphatic rings. The number of benzene rings is 2. The van der Waals surface area contributed by atoms with Gasteiger partial charge in [0.25, 0.3) is 5.91 Å². The van der Waals surface area contributed by atoms with Crippen LogP contribution in [0.15, 0.2) is 42.6 Å². The number of aromatic nitrogens is 2. The van der Waals surface area contributed by atoms with Gasteiger partial charge >= 0.3 is 0 Å². The van der Waals surface area contributed by atoms with Gasteiger partial charge in [0.2, 0.25) is 0 Å². The largest absolute Gasteiger partial charge is 0.391 e. The number of hydrogen-bond donors (Lipinski definition) is 1. The molecule has 1 fully saturated rings. The van der Waals surface area contributed by atoms with Crippen LogP contribution in [-0.4, -0.2) is 51.1 Å². The molecule has 3 heterocycles. The van der Waals surface area contributed by atoms with E-state index in [-0.39, 0.29) is 24.9 Å². The van der Waals surface area contributed by atoms with Gasteiger partial charge in [0.05, 0.1) is 31.0 Å². The molecular weight excluding hydrogens is 409 g/mol. The van der Waals surface area contributed by atoms with E-state index in [1.807, 2.05) is 49.6 Å². The van der Waals surface area contributed by atoms with Gasteiger partial charge in [-0.15, -0.1) is 0 Å². The Labute approximate surface area is 186 Å². The van der Waals surface area contributed by atoms with Crippen LogP contribution in [-0.2, 0) is 24.8 Å². The van der Waals surface area contributed by atoms with Crippen LogP contribution in [0.25, 0.3) is 11.3 Å². The highest BCUT2D eigenvalue weighted by atomic mass is 19.1. The van der Waals surface area contributed by atoms with Gasteiger partial charge in [0.15, 0.2) is 0 Å². The van der Waals surface area contributed by atoms with Gasteiger partial charge in [-0.1, -0.05) is 24.3 Å². The number of amides is 1. The summed E-state index contributed by atoms with van der Waals surface area (Å²) < 4.78 is 22.5. The van der Waals surface area contributed by atoms with Crippen LogP contribution in [0.2, 0.25) is 0 Å². The molecule has 1 saturated heterocycles. The molecule has 1 N–H and O–H groups in total. The normalized spacial score (nSPS) is 20.6. The summed E-state index contributed by atoms with van der Waals surface area (Å²) in [5.74, 6) is -0.565. The number of rotatable bonds is 4. The number of ether oxygens (including phenoxy) is 1. The Morgan fingerprint density at radius 3 is 2.72 bits per heavy atom.